The van der Waals surface area contributed by atoms with E-state index in [-0.39, 0.29) is 5.69 Å². The molecule has 1 aromatic heterocycles. The zero-order valence-corrected chi connectivity index (χ0v) is 14.8. The van der Waals surface area contributed by atoms with Crippen molar-refractivity contribution in [2.45, 2.75) is 45.2 Å². The highest BCUT2D eigenvalue weighted by Gasteiger charge is 2.36. The number of aryl methyl sites for hydroxylation is 1. The van der Waals surface area contributed by atoms with Gasteiger partial charge in [0.25, 0.3) is 11.2 Å². The highest BCUT2D eigenvalue weighted by Crippen LogP contribution is 2.37. The highest BCUT2D eigenvalue weighted by atomic mass is 19.4. The number of nitrogens with zero attached hydrogens (tertiary/aromatic N) is 3. The lowest BCUT2D eigenvalue weighted by Gasteiger charge is -2.18. The summed E-state index contributed by atoms with van der Waals surface area (Å²) < 4.78 is 41.4. The average molecular weight is 373 g/mol. The zero-order valence-electron chi connectivity index (χ0n) is 14.8. The number of halogens is 3. The summed E-state index contributed by atoms with van der Waals surface area (Å²) in [6.07, 6.45) is -0.457. The van der Waals surface area contributed by atoms with E-state index in [9.17, 15) is 18.0 Å². The summed E-state index contributed by atoms with van der Waals surface area (Å²) in [5, 5.41) is 4.38. The number of rotatable bonds is 2. The Morgan fingerprint density at radius 2 is 1.81 bits per heavy atom. The quantitative estimate of drug-likeness (QED) is 0.635. The third-order valence-electron chi connectivity index (χ3n) is 4.67. The fourth-order valence-electron chi connectivity index (χ4n) is 3.27. The number of hydrogen-bond donors (Lipinski definition) is 0. The molecule has 2 aromatic rings. The molecule has 0 atom stereocenters. The van der Waals surface area contributed by atoms with E-state index in [4.69, 9.17) is 6.57 Å². The Morgan fingerprint density at radius 3 is 2.41 bits per heavy atom. The third-order valence-corrected chi connectivity index (χ3v) is 4.67. The predicted molar refractivity (Wildman–Crippen MR) is 98.1 cm³/mol. The molecule has 0 spiro atoms. The van der Waals surface area contributed by atoms with Crippen molar-refractivity contribution in [1.29, 1.82) is 0 Å². The SMILES string of the molecule is [C-]#[N+]c1c(C(F)(F)F)cc(-c2ccccc2C)n(N=C2CCCCC2)c1=O. The van der Waals surface area contributed by atoms with Gasteiger partial charge < -0.3 is 0 Å². The van der Waals surface area contributed by atoms with E-state index >= 15 is 0 Å². The van der Waals surface area contributed by atoms with Crippen LogP contribution in [0.15, 0.2) is 40.2 Å². The minimum Gasteiger partial charge on any atom is -0.281 e. The summed E-state index contributed by atoms with van der Waals surface area (Å²) in [4.78, 5) is 15.7. The molecule has 1 heterocycles. The second-order valence-electron chi connectivity index (χ2n) is 6.56. The van der Waals surface area contributed by atoms with Gasteiger partial charge in [-0.15, -0.1) is 0 Å². The molecule has 0 N–H and O–H groups in total. The van der Waals surface area contributed by atoms with Crippen LogP contribution >= 0.6 is 0 Å². The lowest BCUT2D eigenvalue weighted by molar-refractivity contribution is -0.136. The van der Waals surface area contributed by atoms with Crippen LogP contribution in [0.5, 0.6) is 0 Å². The van der Waals surface area contributed by atoms with Crippen LogP contribution in [-0.4, -0.2) is 10.4 Å². The Bertz CT molecular complexity index is 989. The number of benzene rings is 1. The Labute approximate surface area is 154 Å². The standard InChI is InChI=1S/C20H18F3N3O/c1-13-8-6-7-11-15(13)17-12-16(20(21,22)23)18(24-2)19(27)26(17)25-14-9-4-3-5-10-14/h6-8,11-12H,3-5,9-10H2,1H3. The van der Waals surface area contributed by atoms with Crippen molar-refractivity contribution >= 4 is 11.4 Å². The van der Waals surface area contributed by atoms with Gasteiger partial charge in [0.05, 0.1) is 17.8 Å². The van der Waals surface area contributed by atoms with Crippen LogP contribution in [-0.2, 0) is 6.18 Å². The molecule has 0 radical (unpaired) electrons. The van der Waals surface area contributed by atoms with Crippen LogP contribution in [0.2, 0.25) is 0 Å². The topological polar surface area (TPSA) is 38.7 Å². The first-order chi connectivity index (χ1) is 12.8. The van der Waals surface area contributed by atoms with E-state index < -0.39 is 23.0 Å². The highest BCUT2D eigenvalue weighted by molar-refractivity contribution is 5.85. The Balaban J connectivity index is 2.35. The fraction of sp³-hybridized carbons (Fsp3) is 0.350. The molecule has 0 bridgehead atoms. The van der Waals surface area contributed by atoms with E-state index in [2.05, 4.69) is 9.95 Å². The van der Waals surface area contributed by atoms with Gasteiger partial charge in [0.15, 0.2) is 0 Å². The Kier molecular flexibility index (Phi) is 5.17. The van der Waals surface area contributed by atoms with E-state index in [0.717, 1.165) is 41.3 Å². The Morgan fingerprint density at radius 1 is 1.15 bits per heavy atom. The Hall–Kier alpha value is -2.88. The number of aromatic nitrogens is 1. The maximum absolute atomic E-state index is 13.5. The van der Waals surface area contributed by atoms with Crippen LogP contribution in [0.25, 0.3) is 16.1 Å². The van der Waals surface area contributed by atoms with Gasteiger partial charge in [-0.3, -0.25) is 4.79 Å². The van der Waals surface area contributed by atoms with Gasteiger partial charge in [-0.2, -0.15) is 18.3 Å². The van der Waals surface area contributed by atoms with Crippen molar-refractivity contribution in [3.63, 3.8) is 0 Å². The third kappa shape index (κ3) is 3.80. The molecular formula is C20H18F3N3O. The zero-order chi connectivity index (χ0) is 19.6. The molecule has 1 aliphatic rings. The largest absolute Gasteiger partial charge is 0.407 e. The molecule has 0 aliphatic heterocycles. The van der Waals surface area contributed by atoms with Gasteiger partial charge >= 0.3 is 6.18 Å². The first kappa shape index (κ1) is 18.9. The van der Waals surface area contributed by atoms with E-state index in [1.165, 1.54) is 0 Å². The first-order valence-corrected chi connectivity index (χ1v) is 8.70. The van der Waals surface area contributed by atoms with Crippen molar-refractivity contribution < 1.29 is 13.2 Å². The molecular weight excluding hydrogens is 355 g/mol. The fourth-order valence-corrected chi connectivity index (χ4v) is 3.27. The summed E-state index contributed by atoms with van der Waals surface area (Å²) >= 11 is 0. The van der Waals surface area contributed by atoms with Crippen molar-refractivity contribution in [3.05, 3.63) is 63.2 Å². The molecule has 1 aromatic carbocycles. The maximum atomic E-state index is 13.5. The van der Waals surface area contributed by atoms with Crippen LogP contribution in [0.4, 0.5) is 18.9 Å². The van der Waals surface area contributed by atoms with Gasteiger partial charge in [0.2, 0.25) is 0 Å². The van der Waals surface area contributed by atoms with Gasteiger partial charge in [-0.1, -0.05) is 30.7 Å². The van der Waals surface area contributed by atoms with Gasteiger partial charge in [-0.05, 0) is 44.2 Å². The summed E-state index contributed by atoms with van der Waals surface area (Å²) in [5.41, 5.74) is -1.17. The van der Waals surface area contributed by atoms with Crippen molar-refractivity contribution in [1.82, 2.24) is 4.68 Å². The minimum atomic E-state index is -4.80. The van der Waals surface area contributed by atoms with Gasteiger partial charge in [0.1, 0.15) is 0 Å². The van der Waals surface area contributed by atoms with Crippen molar-refractivity contribution in [2.24, 2.45) is 5.10 Å². The molecule has 3 rings (SSSR count). The smallest absolute Gasteiger partial charge is 0.281 e. The molecule has 1 aliphatic carbocycles. The van der Waals surface area contributed by atoms with Gasteiger partial charge in [0, 0.05) is 11.3 Å². The molecule has 0 amide bonds. The molecule has 4 nitrogen and oxygen atoms in total. The molecule has 0 saturated heterocycles. The lowest BCUT2D eigenvalue weighted by atomic mass is 9.99. The number of hydrogen-bond acceptors (Lipinski definition) is 2. The average Bonchev–Trinajstić information content (AvgIpc) is 2.63. The van der Waals surface area contributed by atoms with Crippen LogP contribution in [0.3, 0.4) is 0 Å². The van der Waals surface area contributed by atoms with Crippen LogP contribution < -0.4 is 5.56 Å². The maximum Gasteiger partial charge on any atom is 0.407 e. The van der Waals surface area contributed by atoms with Crippen molar-refractivity contribution in [3.8, 4) is 11.3 Å². The van der Waals surface area contributed by atoms with E-state index in [1.807, 2.05) is 0 Å². The second kappa shape index (κ2) is 7.39. The second-order valence-corrected chi connectivity index (χ2v) is 6.56. The van der Waals surface area contributed by atoms with Crippen LogP contribution in [0, 0.1) is 13.5 Å². The molecule has 1 fully saturated rings. The minimum absolute atomic E-state index is 0.0518. The molecule has 1 saturated carbocycles. The van der Waals surface area contributed by atoms with Crippen molar-refractivity contribution in [2.75, 3.05) is 0 Å². The van der Waals surface area contributed by atoms with E-state index in [0.29, 0.717) is 18.4 Å². The summed E-state index contributed by atoms with van der Waals surface area (Å²) in [6.45, 7) is 8.86. The molecule has 7 heteroatoms. The monoisotopic (exact) mass is 373 g/mol. The molecule has 0 unspecified atom stereocenters. The van der Waals surface area contributed by atoms with E-state index in [1.54, 1.807) is 31.2 Å². The number of alkyl halides is 3. The summed E-state index contributed by atoms with van der Waals surface area (Å²) in [7, 11) is 0. The van der Waals surface area contributed by atoms with Crippen LogP contribution in [0.1, 0.15) is 43.2 Å². The normalized spacial score (nSPS) is 14.7. The summed E-state index contributed by atoms with van der Waals surface area (Å²) in [5.74, 6) is 0. The predicted octanol–water partition coefficient (Wildman–Crippen LogP) is 5.56. The molecule has 140 valence electrons. The molecule has 27 heavy (non-hydrogen) atoms. The summed E-state index contributed by atoms with van der Waals surface area (Å²) in [6, 6.07) is 7.74. The lowest BCUT2D eigenvalue weighted by Crippen LogP contribution is -2.24. The van der Waals surface area contributed by atoms with Gasteiger partial charge in [-0.25, -0.2) is 9.52 Å². The first-order valence-electron chi connectivity index (χ1n) is 8.70. The number of pyridine rings is 1.